The molecule has 2 nitrogen and oxygen atoms in total. The van der Waals surface area contributed by atoms with Crippen LogP contribution in [0.3, 0.4) is 0 Å². The van der Waals surface area contributed by atoms with Gasteiger partial charge < -0.3 is 10.5 Å². The normalized spacial score (nSPS) is 18.6. The molecule has 0 heterocycles. The van der Waals surface area contributed by atoms with Gasteiger partial charge in [-0.05, 0) is 24.6 Å². The van der Waals surface area contributed by atoms with Crippen LogP contribution in [-0.4, -0.2) is 6.61 Å². The maximum Gasteiger partial charge on any atom is 0.420 e. The quantitative estimate of drug-likeness (QED) is 0.847. The first-order chi connectivity index (χ1) is 8.97. The molecule has 0 amide bonds. The van der Waals surface area contributed by atoms with Gasteiger partial charge in [0, 0.05) is 11.6 Å². The fourth-order valence-corrected chi connectivity index (χ4v) is 1.85. The van der Waals surface area contributed by atoms with E-state index >= 15 is 0 Å². The Kier molecular flexibility index (Phi) is 3.83. The van der Waals surface area contributed by atoms with Gasteiger partial charge in [0.2, 0.25) is 0 Å². The van der Waals surface area contributed by atoms with Crippen LogP contribution in [0.5, 0.6) is 5.75 Å². The molecule has 0 spiro atoms. The van der Waals surface area contributed by atoms with Gasteiger partial charge >= 0.3 is 6.18 Å². The van der Waals surface area contributed by atoms with Crippen molar-refractivity contribution in [2.45, 2.75) is 12.6 Å². The van der Waals surface area contributed by atoms with Gasteiger partial charge in [-0.1, -0.05) is 24.3 Å². The summed E-state index contributed by atoms with van der Waals surface area (Å²) in [5.41, 5.74) is 4.63. The Morgan fingerprint density at radius 3 is 2.68 bits per heavy atom. The number of allylic oxidation sites excluding steroid dienone is 3. The predicted octanol–water partition coefficient (Wildman–Crippen LogP) is 3.80. The average molecular weight is 269 g/mol. The number of anilines is 1. The Labute approximate surface area is 109 Å². The molecule has 5 heteroatoms. The molecule has 0 bridgehead atoms. The van der Waals surface area contributed by atoms with Gasteiger partial charge in [0.1, 0.15) is 5.75 Å². The monoisotopic (exact) mass is 269 g/mol. The lowest BCUT2D eigenvalue weighted by atomic mass is 10.0. The van der Waals surface area contributed by atoms with E-state index in [1.54, 1.807) is 0 Å². The van der Waals surface area contributed by atoms with E-state index < -0.39 is 11.7 Å². The van der Waals surface area contributed by atoms with Gasteiger partial charge in [0.25, 0.3) is 0 Å². The van der Waals surface area contributed by atoms with Gasteiger partial charge in [-0.2, -0.15) is 13.2 Å². The third-order valence-corrected chi connectivity index (χ3v) is 2.83. The van der Waals surface area contributed by atoms with Crippen LogP contribution in [0.1, 0.15) is 12.0 Å². The maximum atomic E-state index is 12.8. The zero-order valence-electron chi connectivity index (χ0n) is 10.2. The number of halogens is 3. The summed E-state index contributed by atoms with van der Waals surface area (Å²) < 4.78 is 43.8. The smallest absolute Gasteiger partial charge is 0.420 e. The van der Waals surface area contributed by atoms with Crippen molar-refractivity contribution in [1.29, 1.82) is 0 Å². The van der Waals surface area contributed by atoms with Gasteiger partial charge in [-0.15, -0.1) is 0 Å². The van der Waals surface area contributed by atoms with Gasteiger partial charge in [-0.3, -0.25) is 0 Å². The minimum Gasteiger partial charge on any atom is -0.492 e. The number of alkyl halides is 3. The number of nitrogens with two attached hydrogens (primary N) is 1. The minimum absolute atomic E-state index is 0.0696. The zero-order chi connectivity index (χ0) is 13.9. The summed E-state index contributed by atoms with van der Waals surface area (Å²) in [5.74, 6) is -0.0757. The molecule has 1 atom stereocenters. The first-order valence-electron chi connectivity index (χ1n) is 5.89. The van der Waals surface area contributed by atoms with E-state index in [1.165, 1.54) is 12.1 Å². The van der Waals surface area contributed by atoms with Crippen molar-refractivity contribution in [3.63, 3.8) is 0 Å². The summed E-state index contributed by atoms with van der Waals surface area (Å²) in [5, 5.41) is 0. The highest BCUT2D eigenvalue weighted by Gasteiger charge is 2.34. The molecule has 1 aliphatic rings. The second-order valence-corrected chi connectivity index (χ2v) is 4.37. The molecule has 0 aliphatic heterocycles. The lowest BCUT2D eigenvalue weighted by Crippen LogP contribution is -2.14. The third-order valence-electron chi connectivity index (χ3n) is 2.83. The maximum absolute atomic E-state index is 12.8. The Bertz CT molecular complexity index is 506. The Morgan fingerprint density at radius 2 is 2.05 bits per heavy atom. The topological polar surface area (TPSA) is 35.2 Å². The Hall–Kier alpha value is -1.91. The van der Waals surface area contributed by atoms with Crippen LogP contribution in [0.2, 0.25) is 0 Å². The molecule has 2 N–H and O–H groups in total. The van der Waals surface area contributed by atoms with Crippen LogP contribution in [0.15, 0.2) is 42.5 Å². The fraction of sp³-hybridized carbons (Fsp3) is 0.286. The van der Waals surface area contributed by atoms with Crippen LogP contribution in [0, 0.1) is 5.92 Å². The molecular formula is C14H14F3NO. The van der Waals surface area contributed by atoms with Gasteiger partial charge in [0.15, 0.2) is 0 Å². The standard InChI is InChI=1S/C14H14F3NO/c15-14(16,17)12-8-11(18)6-7-13(12)19-9-10-4-2-1-3-5-10/h1-4,6-8,10H,5,9,18H2. The van der Waals surface area contributed by atoms with E-state index in [0.717, 1.165) is 12.5 Å². The van der Waals surface area contributed by atoms with E-state index in [-0.39, 0.29) is 24.0 Å². The molecule has 1 aromatic carbocycles. The van der Waals surface area contributed by atoms with Crippen LogP contribution in [0.4, 0.5) is 18.9 Å². The average Bonchev–Trinajstić information content (AvgIpc) is 2.37. The second kappa shape index (κ2) is 5.38. The van der Waals surface area contributed by atoms with E-state index in [9.17, 15) is 13.2 Å². The van der Waals surface area contributed by atoms with Crippen molar-refractivity contribution in [1.82, 2.24) is 0 Å². The highest BCUT2D eigenvalue weighted by atomic mass is 19.4. The van der Waals surface area contributed by atoms with Crippen molar-refractivity contribution in [3.8, 4) is 5.75 Å². The largest absolute Gasteiger partial charge is 0.492 e. The molecule has 19 heavy (non-hydrogen) atoms. The summed E-state index contributed by atoms with van der Waals surface area (Å²) in [6.45, 7) is 0.216. The summed E-state index contributed by atoms with van der Waals surface area (Å²) in [6, 6.07) is 3.56. The number of nitrogen functional groups attached to an aromatic ring is 1. The van der Waals surface area contributed by atoms with Crippen molar-refractivity contribution < 1.29 is 17.9 Å². The lowest BCUT2D eigenvalue weighted by molar-refractivity contribution is -0.139. The molecule has 0 fully saturated rings. The molecule has 1 unspecified atom stereocenters. The van der Waals surface area contributed by atoms with E-state index in [2.05, 4.69) is 0 Å². The van der Waals surface area contributed by atoms with E-state index in [0.29, 0.717) is 0 Å². The van der Waals surface area contributed by atoms with Crippen LogP contribution >= 0.6 is 0 Å². The summed E-state index contributed by atoms with van der Waals surface area (Å²) in [4.78, 5) is 0. The first-order valence-corrected chi connectivity index (χ1v) is 5.89. The molecular weight excluding hydrogens is 255 g/mol. The molecule has 0 radical (unpaired) electrons. The highest BCUT2D eigenvalue weighted by molar-refractivity contribution is 5.49. The van der Waals surface area contributed by atoms with Gasteiger partial charge in [-0.25, -0.2) is 0 Å². The minimum atomic E-state index is -4.47. The molecule has 1 aliphatic carbocycles. The summed E-state index contributed by atoms with van der Waals surface area (Å²) in [7, 11) is 0. The lowest BCUT2D eigenvalue weighted by Gasteiger charge is -2.18. The third kappa shape index (κ3) is 3.53. The molecule has 2 rings (SSSR count). The number of rotatable bonds is 3. The van der Waals surface area contributed by atoms with Gasteiger partial charge in [0.05, 0.1) is 12.2 Å². The van der Waals surface area contributed by atoms with Crippen molar-refractivity contribution in [2.24, 2.45) is 5.92 Å². The molecule has 1 aromatic rings. The van der Waals surface area contributed by atoms with E-state index in [4.69, 9.17) is 10.5 Å². The number of hydrogen-bond acceptors (Lipinski definition) is 2. The molecule has 102 valence electrons. The molecule has 0 saturated carbocycles. The number of hydrogen-bond donors (Lipinski definition) is 1. The SMILES string of the molecule is Nc1ccc(OCC2C=CC=CC2)c(C(F)(F)F)c1. The second-order valence-electron chi connectivity index (χ2n) is 4.37. The summed E-state index contributed by atoms with van der Waals surface area (Å²) >= 11 is 0. The van der Waals surface area contributed by atoms with E-state index in [1.807, 2.05) is 24.3 Å². The molecule has 0 saturated heterocycles. The predicted molar refractivity (Wildman–Crippen MR) is 67.7 cm³/mol. The molecule has 0 aromatic heterocycles. The van der Waals surface area contributed by atoms with Crippen molar-refractivity contribution >= 4 is 5.69 Å². The van der Waals surface area contributed by atoms with Crippen LogP contribution in [0.25, 0.3) is 0 Å². The number of benzene rings is 1. The van der Waals surface area contributed by atoms with Crippen molar-refractivity contribution in [3.05, 3.63) is 48.1 Å². The zero-order valence-corrected chi connectivity index (χ0v) is 10.2. The van der Waals surface area contributed by atoms with Crippen LogP contribution in [-0.2, 0) is 6.18 Å². The highest BCUT2D eigenvalue weighted by Crippen LogP contribution is 2.37. The Balaban J connectivity index is 2.11. The Morgan fingerprint density at radius 1 is 1.26 bits per heavy atom. The summed E-state index contributed by atoms with van der Waals surface area (Å²) in [6.07, 6.45) is 3.96. The van der Waals surface area contributed by atoms with Crippen LogP contribution < -0.4 is 10.5 Å². The number of ether oxygens (including phenoxy) is 1. The fourth-order valence-electron chi connectivity index (χ4n) is 1.85. The first kappa shape index (κ1) is 13.5. The van der Waals surface area contributed by atoms with Crippen molar-refractivity contribution in [2.75, 3.05) is 12.3 Å².